The highest BCUT2D eigenvalue weighted by atomic mass is 32.2. The SMILES string of the molecule is COc1ccc2c(Oc3cc(F)c(CS(N)(=O)=O)cc3F)ccnc2c1. The predicted molar refractivity (Wildman–Crippen MR) is 91.5 cm³/mol. The number of ether oxygens (including phenoxy) is 2. The lowest BCUT2D eigenvalue weighted by atomic mass is 10.2. The van der Waals surface area contributed by atoms with Crippen molar-refractivity contribution in [2.24, 2.45) is 5.14 Å². The molecule has 2 N–H and O–H groups in total. The zero-order valence-electron chi connectivity index (χ0n) is 13.6. The van der Waals surface area contributed by atoms with E-state index in [1.54, 1.807) is 18.2 Å². The number of benzene rings is 2. The van der Waals surface area contributed by atoms with Gasteiger partial charge in [0.1, 0.15) is 17.3 Å². The highest BCUT2D eigenvalue weighted by Gasteiger charge is 2.16. The molecule has 0 saturated heterocycles. The Hall–Kier alpha value is -2.78. The molecular weight excluding hydrogens is 366 g/mol. The van der Waals surface area contributed by atoms with Gasteiger partial charge in [-0.25, -0.2) is 22.3 Å². The van der Waals surface area contributed by atoms with Crippen molar-refractivity contribution < 1.29 is 26.7 Å². The predicted octanol–water partition coefficient (Wildman–Crippen LogP) is 3.10. The topological polar surface area (TPSA) is 91.5 Å². The van der Waals surface area contributed by atoms with Crippen LogP contribution in [-0.2, 0) is 15.8 Å². The van der Waals surface area contributed by atoms with Crippen LogP contribution < -0.4 is 14.6 Å². The van der Waals surface area contributed by atoms with Crippen molar-refractivity contribution in [3.05, 3.63) is 59.8 Å². The molecule has 136 valence electrons. The second-order valence-corrected chi connectivity index (χ2v) is 7.09. The molecule has 9 heteroatoms. The fourth-order valence-corrected chi connectivity index (χ4v) is 3.07. The maximum Gasteiger partial charge on any atom is 0.213 e. The quantitative estimate of drug-likeness (QED) is 0.734. The van der Waals surface area contributed by atoms with E-state index in [0.29, 0.717) is 16.7 Å². The molecule has 0 amide bonds. The molecule has 2 aromatic carbocycles. The van der Waals surface area contributed by atoms with Gasteiger partial charge in [-0.2, -0.15) is 0 Å². The highest BCUT2D eigenvalue weighted by Crippen LogP contribution is 2.33. The summed E-state index contributed by atoms with van der Waals surface area (Å²) in [5, 5.41) is 5.44. The first-order chi connectivity index (χ1) is 12.3. The van der Waals surface area contributed by atoms with E-state index in [2.05, 4.69) is 4.98 Å². The van der Waals surface area contributed by atoms with Gasteiger partial charge in [-0.3, -0.25) is 4.98 Å². The molecule has 0 bridgehead atoms. The van der Waals surface area contributed by atoms with Crippen LogP contribution in [0.15, 0.2) is 42.6 Å². The number of hydrogen-bond acceptors (Lipinski definition) is 5. The molecule has 26 heavy (non-hydrogen) atoms. The lowest BCUT2D eigenvalue weighted by Gasteiger charge is -2.11. The molecule has 6 nitrogen and oxygen atoms in total. The van der Waals surface area contributed by atoms with Crippen LogP contribution in [0.25, 0.3) is 10.9 Å². The van der Waals surface area contributed by atoms with Gasteiger partial charge in [0.05, 0.1) is 18.4 Å². The van der Waals surface area contributed by atoms with E-state index >= 15 is 0 Å². The Kier molecular flexibility index (Phi) is 4.75. The van der Waals surface area contributed by atoms with Crippen LogP contribution in [-0.4, -0.2) is 20.5 Å². The van der Waals surface area contributed by atoms with Crippen molar-refractivity contribution in [2.45, 2.75) is 5.75 Å². The Bertz CT molecular complexity index is 1090. The summed E-state index contributed by atoms with van der Waals surface area (Å²) < 4.78 is 61.1. The van der Waals surface area contributed by atoms with Crippen LogP contribution in [0.5, 0.6) is 17.2 Å². The lowest BCUT2D eigenvalue weighted by molar-refractivity contribution is 0.415. The minimum absolute atomic E-state index is 0.259. The van der Waals surface area contributed by atoms with Gasteiger partial charge in [-0.1, -0.05) is 0 Å². The first-order valence-electron chi connectivity index (χ1n) is 7.36. The average Bonchev–Trinajstić information content (AvgIpc) is 2.57. The Morgan fingerprint density at radius 2 is 1.85 bits per heavy atom. The monoisotopic (exact) mass is 380 g/mol. The first-order valence-corrected chi connectivity index (χ1v) is 9.07. The molecule has 0 fully saturated rings. The minimum Gasteiger partial charge on any atom is -0.497 e. The summed E-state index contributed by atoms with van der Waals surface area (Å²) >= 11 is 0. The van der Waals surface area contributed by atoms with Crippen LogP contribution in [0.2, 0.25) is 0 Å². The molecule has 0 spiro atoms. The van der Waals surface area contributed by atoms with Crippen LogP contribution in [0, 0.1) is 11.6 Å². The van der Waals surface area contributed by atoms with Gasteiger partial charge in [-0.15, -0.1) is 0 Å². The molecule has 1 heterocycles. The zero-order chi connectivity index (χ0) is 18.9. The second-order valence-electron chi connectivity index (χ2n) is 5.48. The summed E-state index contributed by atoms with van der Waals surface area (Å²) in [5.74, 6) is -2.20. The lowest BCUT2D eigenvalue weighted by Crippen LogP contribution is -2.15. The van der Waals surface area contributed by atoms with Crippen molar-refractivity contribution >= 4 is 20.9 Å². The van der Waals surface area contributed by atoms with Gasteiger partial charge >= 0.3 is 0 Å². The van der Waals surface area contributed by atoms with Crippen LogP contribution >= 0.6 is 0 Å². The van der Waals surface area contributed by atoms with Crippen molar-refractivity contribution in [3.63, 3.8) is 0 Å². The average molecular weight is 380 g/mol. The van der Waals surface area contributed by atoms with E-state index in [-0.39, 0.29) is 17.1 Å². The van der Waals surface area contributed by atoms with E-state index in [4.69, 9.17) is 14.6 Å². The molecule has 0 atom stereocenters. The van der Waals surface area contributed by atoms with E-state index in [0.717, 1.165) is 12.1 Å². The molecule has 0 radical (unpaired) electrons. The van der Waals surface area contributed by atoms with Crippen LogP contribution in [0.3, 0.4) is 0 Å². The van der Waals surface area contributed by atoms with Gasteiger partial charge in [0.15, 0.2) is 11.6 Å². The van der Waals surface area contributed by atoms with Crippen LogP contribution in [0.4, 0.5) is 8.78 Å². The summed E-state index contributed by atoms with van der Waals surface area (Å²) in [5.41, 5.74) is 0.176. The van der Waals surface area contributed by atoms with E-state index < -0.39 is 27.4 Å². The number of primary sulfonamides is 1. The van der Waals surface area contributed by atoms with Crippen LogP contribution in [0.1, 0.15) is 5.56 Å². The number of pyridine rings is 1. The number of fused-ring (bicyclic) bond motifs is 1. The highest BCUT2D eigenvalue weighted by molar-refractivity contribution is 7.88. The standard InChI is InChI=1S/C17H14F2N2O4S/c1-24-11-2-3-12-15(7-11)21-5-4-16(12)25-17-8-13(18)10(6-14(17)19)9-26(20,22)23/h2-8H,9H2,1H3,(H2,20,22,23). The number of rotatable bonds is 5. The number of aromatic nitrogens is 1. The minimum atomic E-state index is -3.99. The summed E-state index contributed by atoms with van der Waals surface area (Å²) in [4.78, 5) is 4.18. The molecule has 0 aliphatic heterocycles. The maximum absolute atomic E-state index is 14.2. The van der Waals surface area contributed by atoms with Gasteiger partial charge in [0.2, 0.25) is 10.0 Å². The molecule has 0 aliphatic carbocycles. The van der Waals surface area contributed by atoms with Crippen molar-refractivity contribution in [1.29, 1.82) is 0 Å². The third-order valence-electron chi connectivity index (χ3n) is 3.59. The zero-order valence-corrected chi connectivity index (χ0v) is 14.4. The summed E-state index contributed by atoms with van der Waals surface area (Å²) in [6.45, 7) is 0. The molecule has 1 aromatic heterocycles. The Morgan fingerprint density at radius 3 is 2.54 bits per heavy atom. The van der Waals surface area contributed by atoms with Gasteiger partial charge in [0.25, 0.3) is 0 Å². The summed E-state index contributed by atoms with van der Waals surface area (Å²) in [6, 6.07) is 8.08. The van der Waals surface area contributed by atoms with Crippen molar-refractivity contribution in [2.75, 3.05) is 7.11 Å². The molecular formula is C17H14F2N2O4S. The number of halogens is 2. The smallest absolute Gasteiger partial charge is 0.213 e. The fourth-order valence-electron chi connectivity index (χ4n) is 2.41. The molecule has 3 rings (SSSR count). The largest absolute Gasteiger partial charge is 0.497 e. The number of hydrogen-bond donors (Lipinski definition) is 1. The molecule has 0 saturated carbocycles. The summed E-state index contributed by atoms with van der Waals surface area (Å²) in [7, 11) is -2.47. The van der Waals surface area contributed by atoms with Gasteiger partial charge < -0.3 is 9.47 Å². The maximum atomic E-state index is 14.2. The third-order valence-corrected chi connectivity index (χ3v) is 4.30. The van der Waals surface area contributed by atoms with E-state index in [1.807, 2.05) is 0 Å². The number of nitrogens with two attached hydrogens (primary N) is 1. The molecule has 0 unspecified atom stereocenters. The Labute approximate surface area is 148 Å². The number of nitrogens with zero attached hydrogens (tertiary/aromatic N) is 1. The molecule has 0 aliphatic rings. The summed E-state index contributed by atoms with van der Waals surface area (Å²) in [6.07, 6.45) is 1.46. The first kappa shape index (κ1) is 18.0. The fraction of sp³-hybridized carbons (Fsp3) is 0.118. The molecule has 3 aromatic rings. The number of methoxy groups -OCH3 is 1. The normalized spacial score (nSPS) is 11.5. The Morgan fingerprint density at radius 1 is 1.08 bits per heavy atom. The van der Waals surface area contributed by atoms with Gasteiger partial charge in [0, 0.05) is 29.3 Å². The Balaban J connectivity index is 1.99. The van der Waals surface area contributed by atoms with Crippen molar-refractivity contribution in [3.8, 4) is 17.2 Å². The third kappa shape index (κ3) is 3.89. The van der Waals surface area contributed by atoms with E-state index in [1.165, 1.54) is 19.4 Å². The number of sulfonamides is 1. The second kappa shape index (κ2) is 6.85. The van der Waals surface area contributed by atoms with Crippen molar-refractivity contribution in [1.82, 2.24) is 4.98 Å². The van der Waals surface area contributed by atoms with E-state index in [9.17, 15) is 17.2 Å². The van der Waals surface area contributed by atoms with Gasteiger partial charge in [-0.05, 0) is 24.3 Å².